The lowest BCUT2D eigenvalue weighted by molar-refractivity contribution is 0.390. The van der Waals surface area contributed by atoms with Gasteiger partial charge in [0.15, 0.2) is 0 Å². The summed E-state index contributed by atoms with van der Waals surface area (Å²) in [4.78, 5) is 15.7. The van der Waals surface area contributed by atoms with Gasteiger partial charge in [-0.05, 0) is 54.7 Å². The largest absolute Gasteiger partial charge is 0.481 e. The number of hydrogen-bond donors (Lipinski definition) is 1. The van der Waals surface area contributed by atoms with Crippen molar-refractivity contribution < 1.29 is 13.5 Å². The number of aryl methyl sites for hydroxylation is 3. The van der Waals surface area contributed by atoms with Crippen molar-refractivity contribution in [3.63, 3.8) is 0 Å². The molecule has 0 saturated carbocycles. The van der Waals surface area contributed by atoms with Crippen LogP contribution in [0, 0.1) is 18.6 Å². The Morgan fingerprint density at radius 3 is 2.62 bits per heavy atom. The average Bonchev–Trinajstić information content (AvgIpc) is 3.09. The molecule has 0 aliphatic rings. The van der Waals surface area contributed by atoms with Crippen molar-refractivity contribution in [3.8, 4) is 5.88 Å². The highest BCUT2D eigenvalue weighted by atomic mass is 19.1. The number of aromatic nitrogens is 4. The topological polar surface area (TPSA) is 63.7 Å². The summed E-state index contributed by atoms with van der Waals surface area (Å²) in [6.45, 7) is 1.99. The van der Waals surface area contributed by atoms with Gasteiger partial charge in [0.05, 0.1) is 19.0 Å². The van der Waals surface area contributed by atoms with Crippen LogP contribution in [0.3, 0.4) is 0 Å². The fraction of sp³-hybridized carbons (Fsp3) is 0.227. The lowest BCUT2D eigenvalue weighted by Crippen LogP contribution is -2.03. The maximum atomic E-state index is 14.6. The molecule has 0 fully saturated rings. The Balaban J connectivity index is 1.51. The SMILES string of the molecule is COc1ncc(F)cc1CCc1ncc(Cc2c[nH]c3ncc(C)cc23)cc1F. The summed E-state index contributed by atoms with van der Waals surface area (Å²) in [7, 11) is 1.47. The molecule has 0 atom stereocenters. The number of nitrogens with one attached hydrogen (secondary N) is 1. The number of hydrogen-bond acceptors (Lipinski definition) is 4. The van der Waals surface area contributed by atoms with Gasteiger partial charge in [0.25, 0.3) is 0 Å². The zero-order valence-corrected chi connectivity index (χ0v) is 16.2. The van der Waals surface area contributed by atoms with Gasteiger partial charge in [-0.1, -0.05) is 0 Å². The van der Waals surface area contributed by atoms with E-state index in [0.717, 1.165) is 33.9 Å². The fourth-order valence-corrected chi connectivity index (χ4v) is 3.40. The van der Waals surface area contributed by atoms with Crippen LogP contribution in [0.2, 0.25) is 0 Å². The standard InChI is InChI=1S/C22H20F2N4O/c1-13-5-18-16(11-27-21(18)26-9-13)6-14-7-19(24)20(25-10-14)4-3-15-8-17(23)12-28-22(15)29-2/h5,7-12H,3-4,6H2,1-2H3,(H,26,27). The second-order valence-electron chi connectivity index (χ2n) is 6.99. The highest BCUT2D eigenvalue weighted by molar-refractivity contribution is 5.80. The van der Waals surface area contributed by atoms with Crippen molar-refractivity contribution in [1.29, 1.82) is 0 Å². The molecule has 0 bridgehead atoms. The number of aromatic amines is 1. The summed E-state index contributed by atoms with van der Waals surface area (Å²) >= 11 is 0. The summed E-state index contributed by atoms with van der Waals surface area (Å²) < 4.78 is 33.2. The zero-order valence-electron chi connectivity index (χ0n) is 16.2. The molecule has 5 nitrogen and oxygen atoms in total. The molecule has 1 N–H and O–H groups in total. The molecule has 0 aliphatic heterocycles. The van der Waals surface area contributed by atoms with Crippen molar-refractivity contribution in [1.82, 2.24) is 19.9 Å². The first-order valence-electron chi connectivity index (χ1n) is 9.28. The predicted molar refractivity (Wildman–Crippen MR) is 106 cm³/mol. The Morgan fingerprint density at radius 2 is 1.83 bits per heavy atom. The third kappa shape index (κ3) is 4.08. The average molecular weight is 394 g/mol. The molecule has 0 unspecified atom stereocenters. The first-order valence-corrected chi connectivity index (χ1v) is 9.28. The van der Waals surface area contributed by atoms with E-state index in [-0.39, 0.29) is 5.82 Å². The van der Waals surface area contributed by atoms with Crippen LogP contribution in [-0.4, -0.2) is 27.0 Å². The molecule has 7 heteroatoms. The number of nitrogens with zero attached hydrogens (tertiary/aromatic N) is 3. The Kier molecular flexibility index (Phi) is 5.20. The van der Waals surface area contributed by atoms with Crippen LogP contribution < -0.4 is 4.74 Å². The summed E-state index contributed by atoms with van der Waals surface area (Å²) in [6, 6.07) is 4.92. The molecule has 0 saturated heterocycles. The molecule has 0 spiro atoms. The van der Waals surface area contributed by atoms with Crippen molar-refractivity contribution in [2.45, 2.75) is 26.2 Å². The van der Waals surface area contributed by atoms with Crippen LogP contribution in [0.4, 0.5) is 8.78 Å². The monoisotopic (exact) mass is 394 g/mol. The molecule has 148 valence electrons. The molecule has 0 aliphatic carbocycles. The molecule has 4 aromatic heterocycles. The normalized spacial score (nSPS) is 11.2. The van der Waals surface area contributed by atoms with Gasteiger partial charge in [-0.15, -0.1) is 0 Å². The third-order valence-electron chi connectivity index (χ3n) is 4.84. The number of fused-ring (bicyclic) bond motifs is 1. The second-order valence-corrected chi connectivity index (χ2v) is 6.99. The minimum absolute atomic E-state index is 0.323. The van der Waals surface area contributed by atoms with Crippen LogP contribution in [0.15, 0.2) is 43.0 Å². The fourth-order valence-electron chi connectivity index (χ4n) is 3.40. The lowest BCUT2D eigenvalue weighted by atomic mass is 10.0. The lowest BCUT2D eigenvalue weighted by Gasteiger charge is -2.08. The van der Waals surface area contributed by atoms with Crippen molar-refractivity contribution in [2.75, 3.05) is 7.11 Å². The molecular formula is C22H20F2N4O. The number of halogens is 2. The molecular weight excluding hydrogens is 374 g/mol. The van der Waals surface area contributed by atoms with E-state index < -0.39 is 5.82 Å². The van der Waals surface area contributed by atoms with Gasteiger partial charge in [-0.3, -0.25) is 4.98 Å². The highest BCUT2D eigenvalue weighted by Gasteiger charge is 2.12. The highest BCUT2D eigenvalue weighted by Crippen LogP contribution is 2.22. The zero-order chi connectivity index (χ0) is 20.4. The van der Waals surface area contributed by atoms with E-state index in [9.17, 15) is 8.78 Å². The van der Waals surface area contributed by atoms with E-state index in [1.165, 1.54) is 19.2 Å². The van der Waals surface area contributed by atoms with Crippen molar-refractivity contribution in [3.05, 3.63) is 82.6 Å². The molecule has 4 rings (SSSR count). The van der Waals surface area contributed by atoms with Gasteiger partial charge < -0.3 is 9.72 Å². The minimum Gasteiger partial charge on any atom is -0.481 e. The number of methoxy groups -OCH3 is 1. The summed E-state index contributed by atoms with van der Waals surface area (Å²) in [5.74, 6) is -0.486. The molecule has 4 heterocycles. The minimum atomic E-state index is -0.451. The van der Waals surface area contributed by atoms with Gasteiger partial charge >= 0.3 is 0 Å². The Labute approximate surface area is 166 Å². The van der Waals surface area contributed by atoms with E-state index in [1.807, 2.05) is 19.3 Å². The van der Waals surface area contributed by atoms with Gasteiger partial charge in [0.1, 0.15) is 17.3 Å². The van der Waals surface area contributed by atoms with E-state index in [2.05, 4.69) is 26.0 Å². The molecule has 0 amide bonds. The van der Waals surface area contributed by atoms with E-state index in [0.29, 0.717) is 36.4 Å². The maximum absolute atomic E-state index is 14.6. The quantitative estimate of drug-likeness (QED) is 0.529. The first-order chi connectivity index (χ1) is 14.0. The number of H-pyrrole nitrogens is 1. The maximum Gasteiger partial charge on any atom is 0.216 e. The van der Waals surface area contributed by atoms with Crippen LogP contribution >= 0.6 is 0 Å². The molecule has 0 radical (unpaired) electrons. The van der Waals surface area contributed by atoms with Crippen LogP contribution in [0.25, 0.3) is 11.0 Å². The van der Waals surface area contributed by atoms with Crippen LogP contribution in [0.1, 0.15) is 27.9 Å². The van der Waals surface area contributed by atoms with Gasteiger partial charge in [-0.2, -0.15) is 0 Å². The predicted octanol–water partition coefficient (Wildman–Crippen LogP) is 4.32. The van der Waals surface area contributed by atoms with Crippen LogP contribution in [0.5, 0.6) is 5.88 Å². The van der Waals surface area contributed by atoms with E-state index in [1.54, 1.807) is 6.20 Å². The number of pyridine rings is 3. The van der Waals surface area contributed by atoms with Crippen molar-refractivity contribution >= 4 is 11.0 Å². The Hall–Kier alpha value is -3.35. The summed E-state index contributed by atoms with van der Waals surface area (Å²) in [5.41, 5.74) is 4.61. The molecule has 4 aromatic rings. The van der Waals surface area contributed by atoms with E-state index >= 15 is 0 Å². The number of ether oxygens (including phenoxy) is 1. The summed E-state index contributed by atoms with van der Waals surface area (Å²) in [5, 5.41) is 1.03. The molecule has 0 aromatic carbocycles. The first kappa shape index (κ1) is 19.0. The smallest absolute Gasteiger partial charge is 0.216 e. The van der Waals surface area contributed by atoms with Crippen LogP contribution in [-0.2, 0) is 19.3 Å². The van der Waals surface area contributed by atoms with E-state index in [4.69, 9.17) is 4.74 Å². The van der Waals surface area contributed by atoms with Crippen molar-refractivity contribution in [2.24, 2.45) is 0 Å². The second kappa shape index (κ2) is 7.95. The van der Waals surface area contributed by atoms with Gasteiger partial charge in [-0.25, -0.2) is 18.7 Å². The third-order valence-corrected chi connectivity index (χ3v) is 4.84. The van der Waals surface area contributed by atoms with Gasteiger partial charge in [0, 0.05) is 36.0 Å². The molecule has 29 heavy (non-hydrogen) atoms. The summed E-state index contributed by atoms with van der Waals surface area (Å²) in [6.07, 6.45) is 7.73. The Morgan fingerprint density at radius 1 is 0.966 bits per heavy atom. The number of rotatable bonds is 6. The Bertz CT molecular complexity index is 1170. The van der Waals surface area contributed by atoms with Gasteiger partial charge in [0.2, 0.25) is 5.88 Å².